The molecule has 11 nitrogen and oxygen atoms in total. The fourth-order valence-electron chi connectivity index (χ4n) is 9.96. The number of carbonyl (C=O) groups is 4. The molecule has 4 aromatic carbocycles. The normalized spacial score (nSPS) is 22.8. The summed E-state index contributed by atoms with van der Waals surface area (Å²) in [5.74, 6) is -0.124. The molecule has 2 bridgehead atoms. The van der Waals surface area contributed by atoms with Gasteiger partial charge in [0, 0.05) is 50.4 Å². The third-order valence-electron chi connectivity index (χ3n) is 13.0. The lowest BCUT2D eigenvalue weighted by Gasteiger charge is -2.58. The molecule has 3 unspecified atom stereocenters. The van der Waals surface area contributed by atoms with Gasteiger partial charge in [-0.15, -0.1) is 0 Å². The number of aromatic hydroxyl groups is 1. The van der Waals surface area contributed by atoms with Gasteiger partial charge in [0.15, 0.2) is 0 Å². The number of imide groups is 2. The summed E-state index contributed by atoms with van der Waals surface area (Å²) in [7, 11) is 0. The van der Waals surface area contributed by atoms with Crippen LogP contribution in [0.4, 0.5) is 5.69 Å². The highest BCUT2D eigenvalue weighted by atomic mass is 16.5. The Labute approximate surface area is 345 Å². The van der Waals surface area contributed by atoms with Crippen molar-refractivity contribution in [3.05, 3.63) is 125 Å². The Balaban J connectivity index is 0.743. The van der Waals surface area contributed by atoms with Gasteiger partial charge in [-0.1, -0.05) is 61.5 Å². The highest BCUT2D eigenvalue weighted by Crippen LogP contribution is 2.40. The molecule has 304 valence electrons. The highest BCUT2D eigenvalue weighted by Gasteiger charge is 2.48. The summed E-state index contributed by atoms with van der Waals surface area (Å²) in [5.41, 5.74) is 7.39. The van der Waals surface area contributed by atoms with Crippen LogP contribution in [0.1, 0.15) is 82.9 Å². The second-order valence-electron chi connectivity index (χ2n) is 16.6. The van der Waals surface area contributed by atoms with Crippen LogP contribution in [0.2, 0.25) is 0 Å². The molecule has 6 heterocycles. The Morgan fingerprint density at radius 2 is 1.44 bits per heavy atom. The zero-order valence-corrected chi connectivity index (χ0v) is 33.5. The molecular weight excluding hydrogens is 743 g/mol. The van der Waals surface area contributed by atoms with E-state index in [4.69, 9.17) is 4.74 Å². The standard InChI is InChI=1S/C48H51N5O6/c1-2-40(32-6-4-3-5-7-32)45(33-8-13-38(54)14-9-33)34-10-15-39(16-11-34)59-25-24-50-22-20-31(21-23-50)28-51-29-36-26-37(30-51)52(36)35-12-17-41-42(27-35)48(58)53(47(41)57)43-18-19-44(55)49-46(43)56/h3-17,27,31,36-37,43,54H,2,18-26,28-30H2,1H3,(H,49,55,56). The molecule has 5 saturated heterocycles. The predicted octanol–water partition coefficient (Wildman–Crippen LogP) is 6.22. The van der Waals surface area contributed by atoms with E-state index < -0.39 is 23.8 Å². The number of allylic oxidation sites excluding steroid dienone is 1. The first-order chi connectivity index (χ1) is 28.7. The minimum absolute atomic E-state index is 0.105. The Morgan fingerprint density at radius 3 is 2.12 bits per heavy atom. The average Bonchev–Trinajstić information content (AvgIpc) is 3.49. The highest BCUT2D eigenvalue weighted by molar-refractivity contribution is 6.23. The van der Waals surface area contributed by atoms with Gasteiger partial charge in [0.25, 0.3) is 11.8 Å². The van der Waals surface area contributed by atoms with Crippen molar-refractivity contribution in [3.63, 3.8) is 0 Å². The first kappa shape index (κ1) is 38.7. The van der Waals surface area contributed by atoms with Crippen LogP contribution in [0, 0.1) is 5.92 Å². The van der Waals surface area contributed by atoms with Crippen LogP contribution in [0.5, 0.6) is 11.5 Å². The smallest absolute Gasteiger partial charge is 0.262 e. The lowest BCUT2D eigenvalue weighted by Crippen LogP contribution is -2.69. The molecule has 6 aliphatic heterocycles. The molecule has 4 aromatic rings. The molecule has 10 rings (SSSR count). The lowest BCUT2D eigenvalue weighted by molar-refractivity contribution is -0.136. The van der Waals surface area contributed by atoms with E-state index in [-0.39, 0.29) is 24.5 Å². The molecule has 5 fully saturated rings. The maximum atomic E-state index is 13.4. The predicted molar refractivity (Wildman–Crippen MR) is 226 cm³/mol. The van der Waals surface area contributed by atoms with E-state index in [0.29, 0.717) is 35.7 Å². The van der Waals surface area contributed by atoms with E-state index in [2.05, 4.69) is 75.5 Å². The van der Waals surface area contributed by atoms with E-state index in [1.165, 1.54) is 24.0 Å². The van der Waals surface area contributed by atoms with Crippen LogP contribution >= 0.6 is 0 Å². The number of likely N-dealkylation sites (tertiary alicyclic amines) is 1. The lowest BCUT2D eigenvalue weighted by atomic mass is 9.85. The van der Waals surface area contributed by atoms with Crippen LogP contribution in [0.3, 0.4) is 0 Å². The largest absolute Gasteiger partial charge is 0.508 e. The van der Waals surface area contributed by atoms with Gasteiger partial charge in [-0.3, -0.25) is 39.2 Å². The number of hydrogen-bond acceptors (Lipinski definition) is 9. The van der Waals surface area contributed by atoms with Crippen LogP contribution in [0.15, 0.2) is 97.1 Å². The van der Waals surface area contributed by atoms with Crippen molar-refractivity contribution in [2.24, 2.45) is 5.92 Å². The van der Waals surface area contributed by atoms with Gasteiger partial charge in [-0.25, -0.2) is 0 Å². The molecule has 59 heavy (non-hydrogen) atoms. The molecule has 0 spiro atoms. The summed E-state index contributed by atoms with van der Waals surface area (Å²) >= 11 is 0. The number of ether oxygens (including phenoxy) is 1. The Bertz CT molecular complexity index is 2260. The number of hydrogen-bond donors (Lipinski definition) is 2. The minimum Gasteiger partial charge on any atom is -0.508 e. The van der Waals surface area contributed by atoms with Gasteiger partial charge < -0.3 is 14.7 Å². The van der Waals surface area contributed by atoms with Gasteiger partial charge in [0.1, 0.15) is 24.1 Å². The number of fused-ring (bicyclic) bond motifs is 3. The number of phenols is 1. The molecule has 6 aliphatic rings. The van der Waals surface area contributed by atoms with Crippen molar-refractivity contribution in [1.29, 1.82) is 0 Å². The van der Waals surface area contributed by atoms with Crippen molar-refractivity contribution < 1.29 is 29.0 Å². The summed E-state index contributed by atoms with van der Waals surface area (Å²) in [6, 6.07) is 31.6. The molecular formula is C48H51N5O6. The second kappa shape index (κ2) is 16.5. The Hall–Kier alpha value is -5.78. The van der Waals surface area contributed by atoms with E-state index in [1.807, 2.05) is 30.3 Å². The molecule has 4 amide bonds. The van der Waals surface area contributed by atoms with Crippen molar-refractivity contribution in [2.45, 2.75) is 63.6 Å². The number of nitrogens with zero attached hydrogens (tertiary/aromatic N) is 4. The maximum Gasteiger partial charge on any atom is 0.262 e. The number of amides is 4. The monoisotopic (exact) mass is 793 g/mol. The summed E-state index contributed by atoms with van der Waals surface area (Å²) in [6.07, 6.45) is 4.58. The molecule has 0 aromatic heterocycles. The zero-order valence-electron chi connectivity index (χ0n) is 33.5. The van der Waals surface area contributed by atoms with Crippen molar-refractivity contribution >= 4 is 40.5 Å². The SMILES string of the molecule is CCC(=C(c1ccc(O)cc1)c1ccc(OCCN2CCC(CN3CC4CC(C3)N4c3ccc4c(c3)C(=O)N(C3CCC(=O)NC3=O)C4=O)CC2)cc1)c1ccccc1. The van der Waals surface area contributed by atoms with E-state index in [9.17, 15) is 24.3 Å². The second-order valence-corrected chi connectivity index (χ2v) is 16.6. The van der Waals surface area contributed by atoms with Crippen LogP contribution < -0.4 is 15.0 Å². The molecule has 0 aliphatic carbocycles. The number of nitrogens with one attached hydrogen (secondary N) is 1. The molecule has 0 saturated carbocycles. The maximum absolute atomic E-state index is 13.4. The number of phenolic OH excluding ortho intramolecular Hbond substituents is 1. The molecule has 3 atom stereocenters. The number of benzene rings is 4. The van der Waals surface area contributed by atoms with Crippen LogP contribution in [0.25, 0.3) is 11.1 Å². The number of carbonyl (C=O) groups excluding carboxylic acids is 4. The third kappa shape index (κ3) is 7.77. The zero-order chi connectivity index (χ0) is 40.6. The van der Waals surface area contributed by atoms with Crippen molar-refractivity contribution in [1.82, 2.24) is 20.0 Å². The molecule has 2 N–H and O–H groups in total. The molecule has 0 radical (unpaired) electrons. The Morgan fingerprint density at radius 1 is 0.763 bits per heavy atom. The van der Waals surface area contributed by atoms with Crippen molar-refractivity contribution in [2.75, 3.05) is 50.8 Å². The van der Waals surface area contributed by atoms with Crippen molar-refractivity contribution in [3.8, 4) is 11.5 Å². The van der Waals surface area contributed by atoms with Crippen LogP contribution in [-0.2, 0) is 9.59 Å². The quantitative estimate of drug-likeness (QED) is 0.127. The minimum atomic E-state index is -0.958. The summed E-state index contributed by atoms with van der Waals surface area (Å²) in [6.45, 7) is 8.91. The topological polar surface area (TPSA) is 123 Å². The summed E-state index contributed by atoms with van der Waals surface area (Å²) < 4.78 is 6.26. The van der Waals surface area contributed by atoms with Gasteiger partial charge in [0.05, 0.1) is 11.1 Å². The number of piperazine rings is 1. The Kier molecular flexibility index (Phi) is 10.8. The third-order valence-corrected chi connectivity index (χ3v) is 13.0. The summed E-state index contributed by atoms with van der Waals surface area (Å²) in [4.78, 5) is 59.3. The number of anilines is 1. The number of piperidine rings is 3. The fraction of sp³-hybridized carbons (Fsp3) is 0.375. The van der Waals surface area contributed by atoms with Gasteiger partial charge >= 0.3 is 0 Å². The first-order valence-corrected chi connectivity index (χ1v) is 21.1. The number of rotatable bonds is 12. The van der Waals surface area contributed by atoms with Gasteiger partial charge in [-0.05, 0) is 121 Å². The average molecular weight is 794 g/mol. The van der Waals surface area contributed by atoms with E-state index in [1.54, 1.807) is 18.2 Å². The fourth-order valence-corrected chi connectivity index (χ4v) is 9.96. The van der Waals surface area contributed by atoms with E-state index in [0.717, 1.165) is 85.1 Å². The van der Waals surface area contributed by atoms with E-state index >= 15 is 0 Å². The first-order valence-electron chi connectivity index (χ1n) is 21.1. The van der Waals surface area contributed by atoms with Gasteiger partial charge in [0.2, 0.25) is 11.8 Å². The van der Waals surface area contributed by atoms with Crippen LogP contribution in [-0.4, -0.2) is 107 Å². The van der Waals surface area contributed by atoms with Gasteiger partial charge in [-0.2, -0.15) is 0 Å². The summed E-state index contributed by atoms with van der Waals surface area (Å²) in [5, 5.41) is 12.2. The molecule has 11 heteroatoms.